The molecule has 0 spiro atoms. The Hall–Kier alpha value is -2.07. The Balaban J connectivity index is 0.000000204. The highest BCUT2D eigenvalue weighted by Crippen LogP contribution is 2.26. The minimum absolute atomic E-state index is 0.133. The van der Waals surface area contributed by atoms with E-state index in [1.54, 1.807) is 48.5 Å². The fourth-order valence-electron chi connectivity index (χ4n) is 1.92. The smallest absolute Gasteiger partial charge is 0.134 e. The summed E-state index contributed by atoms with van der Waals surface area (Å²) in [4.78, 5) is 0. The summed E-state index contributed by atoms with van der Waals surface area (Å²) in [6.45, 7) is 3.85. The highest BCUT2D eigenvalue weighted by Gasteiger charge is 2.00. The minimum Gasteiger partial charge on any atom is -0.506 e. The molecule has 0 fully saturated rings. The molecule has 6 heteroatoms. The van der Waals surface area contributed by atoms with E-state index in [4.69, 9.17) is 50.1 Å². The Kier molecular flexibility index (Phi) is 9.87. The molecule has 3 aromatic rings. The molecule has 0 heterocycles. The van der Waals surface area contributed by atoms with Crippen LogP contribution in [0.25, 0.3) is 0 Å². The second-order valence-corrected chi connectivity index (χ2v) is 6.63. The van der Waals surface area contributed by atoms with Crippen molar-refractivity contribution < 1.29 is 15.3 Å². The molecule has 0 saturated heterocycles. The Morgan fingerprint density at radius 2 is 1.19 bits per heavy atom. The number of hydrogen-bond donors (Lipinski definition) is 3. The van der Waals surface area contributed by atoms with Crippen LogP contribution in [-0.4, -0.2) is 15.3 Å². The van der Waals surface area contributed by atoms with Crippen molar-refractivity contribution in [2.75, 3.05) is 0 Å². The van der Waals surface area contributed by atoms with Gasteiger partial charge in [0.2, 0.25) is 0 Å². The summed E-state index contributed by atoms with van der Waals surface area (Å²) in [5, 5.41) is 28.2. The number of halogens is 3. The van der Waals surface area contributed by atoms with Crippen molar-refractivity contribution >= 4 is 34.8 Å². The molecule has 0 aliphatic carbocycles. The van der Waals surface area contributed by atoms with Gasteiger partial charge in [-0.05, 0) is 48.7 Å². The van der Waals surface area contributed by atoms with Crippen LogP contribution in [0.15, 0.2) is 60.7 Å². The van der Waals surface area contributed by atoms with Gasteiger partial charge in [0.15, 0.2) is 0 Å². The monoisotopic (exact) mass is 426 g/mol. The summed E-state index contributed by atoms with van der Waals surface area (Å²) < 4.78 is 0. The fourth-order valence-corrected chi connectivity index (χ4v) is 2.44. The molecule has 0 aliphatic heterocycles. The lowest BCUT2D eigenvalue weighted by Gasteiger charge is -2.00. The lowest BCUT2D eigenvalue weighted by Crippen LogP contribution is -1.80. The standard InChI is InChI=1S/C8H9ClO.C7H7ClO.C6H5ClO/c1-2-6-4-3-5-7(10)8(6)9;1-5-3-2-4-6(9)7(5)8;7-5-3-1-2-4-6(5)8/h3-5,10H,2H2,1H3;2-4,9H,1H3;1-4,8H. The topological polar surface area (TPSA) is 60.7 Å². The molecular formula is C21H21Cl3O3. The predicted octanol–water partition coefficient (Wildman–Crippen LogP) is 7.01. The average Bonchev–Trinajstić information content (AvgIpc) is 2.65. The molecule has 144 valence electrons. The molecule has 3 nitrogen and oxygen atoms in total. The van der Waals surface area contributed by atoms with Gasteiger partial charge in [0, 0.05) is 0 Å². The number of aromatic hydroxyl groups is 3. The molecule has 0 saturated carbocycles. The summed E-state index contributed by atoms with van der Waals surface area (Å²) >= 11 is 16.8. The first-order valence-corrected chi connectivity index (χ1v) is 9.25. The van der Waals surface area contributed by atoms with Gasteiger partial charge >= 0.3 is 0 Å². The zero-order valence-electron chi connectivity index (χ0n) is 15.0. The number of rotatable bonds is 1. The maximum atomic E-state index is 9.10. The minimum atomic E-state index is 0.133. The number of para-hydroxylation sites is 1. The molecule has 3 aromatic carbocycles. The molecule has 0 amide bonds. The molecule has 3 rings (SSSR count). The number of aryl methyl sites for hydroxylation is 2. The third-order valence-electron chi connectivity index (χ3n) is 3.46. The van der Waals surface area contributed by atoms with Gasteiger partial charge in [-0.15, -0.1) is 0 Å². The second-order valence-electron chi connectivity index (χ2n) is 5.46. The van der Waals surface area contributed by atoms with Gasteiger partial charge in [-0.2, -0.15) is 0 Å². The normalized spacial score (nSPS) is 9.52. The Morgan fingerprint density at radius 3 is 1.59 bits per heavy atom. The molecular weight excluding hydrogens is 407 g/mol. The second kappa shape index (κ2) is 11.6. The highest BCUT2D eigenvalue weighted by atomic mass is 35.5. The summed E-state index contributed by atoms with van der Waals surface area (Å²) in [5.74, 6) is 0.451. The molecule has 0 unspecified atom stereocenters. The van der Waals surface area contributed by atoms with E-state index in [2.05, 4.69) is 0 Å². The summed E-state index contributed by atoms with van der Waals surface area (Å²) in [7, 11) is 0. The number of phenols is 3. The Labute approximate surface area is 174 Å². The Morgan fingerprint density at radius 1 is 0.667 bits per heavy atom. The van der Waals surface area contributed by atoms with Crippen LogP contribution in [0.3, 0.4) is 0 Å². The van der Waals surface area contributed by atoms with Gasteiger partial charge in [0.1, 0.15) is 17.2 Å². The van der Waals surface area contributed by atoms with Crippen LogP contribution in [0.4, 0.5) is 0 Å². The molecule has 27 heavy (non-hydrogen) atoms. The van der Waals surface area contributed by atoms with E-state index in [1.807, 2.05) is 26.0 Å². The zero-order valence-corrected chi connectivity index (χ0v) is 17.2. The van der Waals surface area contributed by atoms with Crippen LogP contribution in [0, 0.1) is 6.92 Å². The van der Waals surface area contributed by atoms with Gasteiger partial charge < -0.3 is 15.3 Å². The maximum absolute atomic E-state index is 9.10. The van der Waals surface area contributed by atoms with E-state index in [9.17, 15) is 0 Å². The van der Waals surface area contributed by atoms with Crippen LogP contribution in [-0.2, 0) is 6.42 Å². The Bertz CT molecular complexity index is 826. The maximum Gasteiger partial charge on any atom is 0.134 e. The van der Waals surface area contributed by atoms with Crippen LogP contribution in [0.1, 0.15) is 18.1 Å². The van der Waals surface area contributed by atoms with Gasteiger partial charge in [-0.3, -0.25) is 0 Å². The van der Waals surface area contributed by atoms with Crippen molar-refractivity contribution in [3.8, 4) is 17.2 Å². The van der Waals surface area contributed by atoms with Crippen molar-refractivity contribution in [1.82, 2.24) is 0 Å². The quantitative estimate of drug-likeness (QED) is 0.391. The molecule has 0 radical (unpaired) electrons. The predicted molar refractivity (Wildman–Crippen MR) is 113 cm³/mol. The van der Waals surface area contributed by atoms with Crippen molar-refractivity contribution in [3.63, 3.8) is 0 Å². The van der Waals surface area contributed by atoms with E-state index in [-0.39, 0.29) is 17.2 Å². The van der Waals surface area contributed by atoms with Gasteiger partial charge in [-0.25, -0.2) is 0 Å². The van der Waals surface area contributed by atoms with Crippen LogP contribution < -0.4 is 0 Å². The third kappa shape index (κ3) is 7.59. The first kappa shape index (κ1) is 23.0. The van der Waals surface area contributed by atoms with E-state index in [0.29, 0.717) is 15.1 Å². The SMILES string of the molecule is CCc1cccc(O)c1Cl.Cc1cccc(O)c1Cl.Oc1ccccc1Cl. The summed E-state index contributed by atoms with van der Waals surface area (Å²) in [6, 6.07) is 17.1. The van der Waals surface area contributed by atoms with E-state index < -0.39 is 0 Å². The fraction of sp³-hybridized carbons (Fsp3) is 0.143. The van der Waals surface area contributed by atoms with Crippen molar-refractivity contribution in [3.05, 3.63) is 86.9 Å². The van der Waals surface area contributed by atoms with E-state index >= 15 is 0 Å². The molecule has 0 atom stereocenters. The number of phenolic OH excluding ortho intramolecular Hbond substituents is 3. The largest absolute Gasteiger partial charge is 0.506 e. The first-order chi connectivity index (χ1) is 12.8. The third-order valence-corrected chi connectivity index (χ3v) is 4.71. The number of benzene rings is 3. The van der Waals surface area contributed by atoms with Crippen LogP contribution in [0.5, 0.6) is 17.2 Å². The summed E-state index contributed by atoms with van der Waals surface area (Å²) in [5.41, 5.74) is 1.89. The van der Waals surface area contributed by atoms with Crippen LogP contribution >= 0.6 is 34.8 Å². The molecule has 0 bridgehead atoms. The lowest BCUT2D eigenvalue weighted by molar-refractivity contribution is 0.474. The van der Waals surface area contributed by atoms with Gasteiger partial charge in [0.25, 0.3) is 0 Å². The average molecular weight is 428 g/mol. The van der Waals surface area contributed by atoms with Crippen molar-refractivity contribution in [2.24, 2.45) is 0 Å². The van der Waals surface area contributed by atoms with Gasteiger partial charge in [-0.1, -0.05) is 78.1 Å². The number of hydrogen-bond acceptors (Lipinski definition) is 3. The first-order valence-electron chi connectivity index (χ1n) is 8.11. The van der Waals surface area contributed by atoms with Gasteiger partial charge in [0.05, 0.1) is 15.1 Å². The molecule has 0 aliphatic rings. The highest BCUT2D eigenvalue weighted by molar-refractivity contribution is 6.33. The molecule has 3 N–H and O–H groups in total. The van der Waals surface area contributed by atoms with Crippen molar-refractivity contribution in [1.29, 1.82) is 0 Å². The summed E-state index contributed by atoms with van der Waals surface area (Å²) in [6.07, 6.45) is 0.854. The van der Waals surface area contributed by atoms with E-state index in [1.165, 1.54) is 0 Å². The lowest BCUT2D eigenvalue weighted by atomic mass is 10.2. The van der Waals surface area contributed by atoms with Crippen molar-refractivity contribution in [2.45, 2.75) is 20.3 Å². The zero-order chi connectivity index (χ0) is 20.4. The van der Waals surface area contributed by atoms with E-state index in [0.717, 1.165) is 17.5 Å². The molecule has 0 aromatic heterocycles. The van der Waals surface area contributed by atoms with Crippen LogP contribution in [0.2, 0.25) is 15.1 Å².